The fraction of sp³-hybridized carbons (Fsp3) is 0.400. The Kier molecular flexibility index (Phi) is 4.79. The molecule has 128 valence electrons. The van der Waals surface area contributed by atoms with Crippen LogP contribution in [0, 0.1) is 12.8 Å². The normalized spacial score (nSPS) is 21.7. The third-order valence-electron chi connectivity index (χ3n) is 4.69. The Hall–Kier alpha value is -1.65. The van der Waals surface area contributed by atoms with E-state index in [0.717, 1.165) is 24.0 Å². The van der Waals surface area contributed by atoms with Gasteiger partial charge in [0.25, 0.3) is 0 Å². The zero-order valence-electron chi connectivity index (χ0n) is 14.5. The van der Waals surface area contributed by atoms with Gasteiger partial charge in [-0.2, -0.15) is 4.31 Å². The van der Waals surface area contributed by atoms with Gasteiger partial charge < -0.3 is 0 Å². The average Bonchev–Trinajstić information content (AvgIpc) is 2.51. The zero-order chi connectivity index (χ0) is 17.3. The van der Waals surface area contributed by atoms with Crippen molar-refractivity contribution in [3.05, 3.63) is 65.7 Å². The molecule has 0 amide bonds. The van der Waals surface area contributed by atoms with Crippen LogP contribution in [0.25, 0.3) is 0 Å². The van der Waals surface area contributed by atoms with Gasteiger partial charge in [0.1, 0.15) is 0 Å². The Morgan fingerprint density at radius 3 is 2.25 bits per heavy atom. The van der Waals surface area contributed by atoms with Gasteiger partial charge in [-0.15, -0.1) is 0 Å². The lowest BCUT2D eigenvalue weighted by molar-refractivity contribution is 0.0929. The van der Waals surface area contributed by atoms with Crippen molar-refractivity contribution >= 4 is 10.0 Å². The summed E-state index contributed by atoms with van der Waals surface area (Å²) in [5.74, 6) is 0.474. The average molecular weight is 343 g/mol. The summed E-state index contributed by atoms with van der Waals surface area (Å²) in [5, 5.41) is 0. The van der Waals surface area contributed by atoms with Crippen LogP contribution in [0.3, 0.4) is 0 Å². The lowest BCUT2D eigenvalue weighted by atomic mass is 9.86. The summed E-state index contributed by atoms with van der Waals surface area (Å²) >= 11 is 0. The van der Waals surface area contributed by atoms with Crippen molar-refractivity contribution in [3.8, 4) is 0 Å². The molecule has 3 rings (SSSR count). The number of hydrogen-bond acceptors (Lipinski definition) is 2. The van der Waals surface area contributed by atoms with Crippen LogP contribution in [0.1, 0.15) is 43.9 Å². The van der Waals surface area contributed by atoms with E-state index >= 15 is 0 Å². The van der Waals surface area contributed by atoms with Gasteiger partial charge in [0.2, 0.25) is 10.0 Å². The zero-order valence-corrected chi connectivity index (χ0v) is 15.3. The first kappa shape index (κ1) is 17.2. The number of nitrogens with zero attached hydrogens (tertiary/aromatic N) is 1. The van der Waals surface area contributed by atoms with E-state index in [1.165, 1.54) is 0 Å². The molecule has 1 fully saturated rings. The van der Waals surface area contributed by atoms with Crippen LogP contribution >= 0.6 is 0 Å². The van der Waals surface area contributed by atoms with Crippen molar-refractivity contribution in [2.24, 2.45) is 5.92 Å². The third-order valence-corrected chi connectivity index (χ3v) is 6.66. The molecule has 2 atom stereocenters. The molecule has 1 heterocycles. The lowest BCUT2D eigenvalue weighted by Gasteiger charge is -2.48. The highest BCUT2D eigenvalue weighted by Crippen LogP contribution is 2.45. The standard InChI is InChI=1S/C20H25NO2S/c1-15(2)13-18-14-20(17-7-5-4-6-8-17)21(18)24(22,23)19-11-9-16(3)10-12-19/h4-12,15,18,20H,13-14H2,1-3H3/t18-,20+/m1/s1. The van der Waals surface area contributed by atoms with Crippen LogP contribution < -0.4 is 0 Å². The summed E-state index contributed by atoms with van der Waals surface area (Å²) in [7, 11) is -3.48. The predicted molar refractivity (Wildman–Crippen MR) is 97.2 cm³/mol. The molecule has 1 saturated heterocycles. The Morgan fingerprint density at radius 1 is 1.04 bits per heavy atom. The molecular weight excluding hydrogens is 318 g/mol. The van der Waals surface area contributed by atoms with Crippen LogP contribution in [0.15, 0.2) is 59.5 Å². The van der Waals surface area contributed by atoms with Crippen molar-refractivity contribution in [1.29, 1.82) is 0 Å². The first-order chi connectivity index (χ1) is 11.4. The van der Waals surface area contributed by atoms with E-state index in [9.17, 15) is 8.42 Å². The number of aryl methyl sites for hydroxylation is 1. The molecule has 1 aliphatic heterocycles. The minimum Gasteiger partial charge on any atom is -0.207 e. The highest BCUT2D eigenvalue weighted by molar-refractivity contribution is 7.89. The fourth-order valence-corrected chi connectivity index (χ4v) is 5.31. The van der Waals surface area contributed by atoms with E-state index < -0.39 is 10.0 Å². The SMILES string of the molecule is Cc1ccc(S(=O)(=O)N2[C@H](CC(C)C)C[C@H]2c2ccccc2)cc1. The molecule has 0 unspecified atom stereocenters. The number of hydrogen-bond donors (Lipinski definition) is 0. The quantitative estimate of drug-likeness (QED) is 0.799. The summed E-state index contributed by atoms with van der Waals surface area (Å²) in [6.07, 6.45) is 1.79. The van der Waals surface area contributed by atoms with Gasteiger partial charge in [-0.1, -0.05) is 61.9 Å². The van der Waals surface area contributed by atoms with E-state index in [1.807, 2.05) is 49.4 Å². The van der Waals surface area contributed by atoms with Gasteiger partial charge in [0.15, 0.2) is 0 Å². The summed E-state index contributed by atoms with van der Waals surface area (Å²) in [4.78, 5) is 0.391. The second kappa shape index (κ2) is 6.69. The van der Waals surface area contributed by atoms with Crippen LogP contribution in [-0.4, -0.2) is 18.8 Å². The monoisotopic (exact) mass is 343 g/mol. The highest BCUT2D eigenvalue weighted by Gasteiger charge is 2.47. The summed E-state index contributed by atoms with van der Waals surface area (Å²) in [6, 6.07) is 17.2. The molecule has 0 aromatic heterocycles. The van der Waals surface area contributed by atoms with E-state index in [4.69, 9.17) is 0 Å². The number of rotatable bonds is 5. The van der Waals surface area contributed by atoms with E-state index in [2.05, 4.69) is 13.8 Å². The predicted octanol–water partition coefficient (Wildman–Crippen LogP) is 4.55. The van der Waals surface area contributed by atoms with Crippen molar-refractivity contribution in [3.63, 3.8) is 0 Å². The second-order valence-electron chi connectivity index (χ2n) is 7.09. The van der Waals surface area contributed by atoms with E-state index in [1.54, 1.807) is 16.4 Å². The Balaban J connectivity index is 1.96. The molecule has 0 N–H and O–H groups in total. The molecule has 0 radical (unpaired) electrons. The Bertz CT molecular complexity index is 782. The maximum Gasteiger partial charge on any atom is 0.243 e. The molecular formula is C20H25NO2S. The maximum atomic E-state index is 13.2. The molecule has 0 spiro atoms. The molecule has 24 heavy (non-hydrogen) atoms. The van der Waals surface area contributed by atoms with Crippen LogP contribution in [0.5, 0.6) is 0 Å². The summed E-state index contributed by atoms with van der Waals surface area (Å²) in [5.41, 5.74) is 2.14. The minimum atomic E-state index is -3.48. The van der Waals surface area contributed by atoms with Gasteiger partial charge in [-0.05, 0) is 43.4 Å². The maximum absolute atomic E-state index is 13.2. The lowest BCUT2D eigenvalue weighted by Crippen LogP contribution is -2.53. The molecule has 0 bridgehead atoms. The van der Waals surface area contributed by atoms with Crippen LogP contribution in [-0.2, 0) is 10.0 Å². The van der Waals surface area contributed by atoms with Crippen molar-refractivity contribution < 1.29 is 8.42 Å². The number of benzene rings is 2. The summed E-state index contributed by atoms with van der Waals surface area (Å²) < 4.78 is 28.2. The van der Waals surface area contributed by atoms with Crippen LogP contribution in [0.4, 0.5) is 0 Å². The molecule has 4 heteroatoms. The van der Waals surface area contributed by atoms with Crippen molar-refractivity contribution in [2.45, 2.75) is 50.6 Å². The summed E-state index contributed by atoms with van der Waals surface area (Å²) in [6.45, 7) is 6.26. The fourth-order valence-electron chi connectivity index (χ4n) is 3.48. The van der Waals surface area contributed by atoms with Gasteiger partial charge >= 0.3 is 0 Å². The molecule has 0 aliphatic carbocycles. The first-order valence-corrected chi connectivity index (χ1v) is 9.98. The highest BCUT2D eigenvalue weighted by atomic mass is 32.2. The largest absolute Gasteiger partial charge is 0.243 e. The Labute approximate surface area is 145 Å². The Morgan fingerprint density at radius 2 is 1.67 bits per heavy atom. The van der Waals surface area contributed by atoms with Gasteiger partial charge in [0, 0.05) is 6.04 Å². The smallest absolute Gasteiger partial charge is 0.207 e. The molecule has 2 aromatic carbocycles. The third kappa shape index (κ3) is 3.26. The number of sulfonamides is 1. The second-order valence-corrected chi connectivity index (χ2v) is 8.94. The molecule has 0 saturated carbocycles. The van der Waals surface area contributed by atoms with Gasteiger partial charge in [-0.25, -0.2) is 8.42 Å². The van der Waals surface area contributed by atoms with Gasteiger partial charge in [0.05, 0.1) is 10.9 Å². The van der Waals surface area contributed by atoms with Crippen molar-refractivity contribution in [2.75, 3.05) is 0 Å². The van der Waals surface area contributed by atoms with Crippen molar-refractivity contribution in [1.82, 2.24) is 4.31 Å². The molecule has 3 nitrogen and oxygen atoms in total. The van der Waals surface area contributed by atoms with E-state index in [0.29, 0.717) is 10.8 Å². The minimum absolute atomic E-state index is 0.0544. The topological polar surface area (TPSA) is 37.4 Å². The van der Waals surface area contributed by atoms with E-state index in [-0.39, 0.29) is 12.1 Å². The first-order valence-electron chi connectivity index (χ1n) is 8.54. The molecule has 2 aromatic rings. The molecule has 1 aliphatic rings. The van der Waals surface area contributed by atoms with Gasteiger partial charge in [-0.3, -0.25) is 0 Å². The van der Waals surface area contributed by atoms with Crippen LogP contribution in [0.2, 0.25) is 0 Å².